The van der Waals surface area contributed by atoms with Crippen LogP contribution in [-0.2, 0) is 4.79 Å². The van der Waals surface area contributed by atoms with Gasteiger partial charge in [0.05, 0.1) is 5.69 Å². The van der Waals surface area contributed by atoms with Crippen LogP contribution < -0.4 is 10.2 Å². The first-order valence-corrected chi connectivity index (χ1v) is 5.62. The van der Waals surface area contributed by atoms with E-state index in [1.807, 2.05) is 19.1 Å². The van der Waals surface area contributed by atoms with Crippen LogP contribution in [0.4, 0.5) is 11.5 Å². The predicted octanol–water partition coefficient (Wildman–Crippen LogP) is 1.95. The molecule has 0 saturated heterocycles. The number of pyridine rings is 1. The molecule has 86 valence electrons. The van der Waals surface area contributed by atoms with E-state index in [-0.39, 0.29) is 5.91 Å². The SMILES string of the molecule is Cc1ccc2c(n1)N(C(C)C)CCC(=O)N2. The molecule has 1 aromatic heterocycles. The first kappa shape index (κ1) is 10.9. The Kier molecular flexibility index (Phi) is 2.81. The molecule has 0 aromatic carbocycles. The number of nitrogens with one attached hydrogen (secondary N) is 1. The first-order chi connectivity index (χ1) is 7.58. The van der Waals surface area contributed by atoms with Gasteiger partial charge >= 0.3 is 0 Å². The van der Waals surface area contributed by atoms with Crippen molar-refractivity contribution in [2.45, 2.75) is 33.2 Å². The fraction of sp³-hybridized carbons (Fsp3) is 0.500. The third-order valence-corrected chi connectivity index (χ3v) is 2.76. The van der Waals surface area contributed by atoms with Gasteiger partial charge in [0.15, 0.2) is 5.82 Å². The highest BCUT2D eigenvalue weighted by molar-refractivity contribution is 5.95. The zero-order chi connectivity index (χ0) is 11.7. The molecule has 0 spiro atoms. The van der Waals surface area contributed by atoms with Gasteiger partial charge in [-0.25, -0.2) is 4.98 Å². The Morgan fingerprint density at radius 3 is 2.88 bits per heavy atom. The molecule has 16 heavy (non-hydrogen) atoms. The molecule has 0 bridgehead atoms. The van der Waals surface area contributed by atoms with Crippen molar-refractivity contribution >= 4 is 17.4 Å². The molecule has 0 radical (unpaired) electrons. The topological polar surface area (TPSA) is 45.2 Å². The fourth-order valence-electron chi connectivity index (χ4n) is 1.90. The smallest absolute Gasteiger partial charge is 0.226 e. The number of aryl methyl sites for hydroxylation is 1. The highest BCUT2D eigenvalue weighted by Crippen LogP contribution is 2.28. The minimum Gasteiger partial charge on any atom is -0.352 e. The summed E-state index contributed by atoms with van der Waals surface area (Å²) in [5.41, 5.74) is 1.79. The minimum absolute atomic E-state index is 0.0649. The van der Waals surface area contributed by atoms with Crippen molar-refractivity contribution in [2.24, 2.45) is 0 Å². The summed E-state index contributed by atoms with van der Waals surface area (Å²) >= 11 is 0. The van der Waals surface area contributed by atoms with Crippen molar-refractivity contribution in [1.29, 1.82) is 0 Å². The van der Waals surface area contributed by atoms with E-state index >= 15 is 0 Å². The average molecular weight is 219 g/mol. The molecule has 0 unspecified atom stereocenters. The molecule has 2 heterocycles. The summed E-state index contributed by atoms with van der Waals surface area (Å²) in [7, 11) is 0. The quantitative estimate of drug-likeness (QED) is 0.785. The normalized spacial score (nSPS) is 15.8. The van der Waals surface area contributed by atoms with E-state index in [4.69, 9.17) is 0 Å². The van der Waals surface area contributed by atoms with Crippen molar-refractivity contribution in [3.63, 3.8) is 0 Å². The lowest BCUT2D eigenvalue weighted by Gasteiger charge is -2.27. The summed E-state index contributed by atoms with van der Waals surface area (Å²) in [6.45, 7) is 6.92. The summed E-state index contributed by atoms with van der Waals surface area (Å²) in [6.07, 6.45) is 0.521. The number of anilines is 2. The second-order valence-electron chi connectivity index (χ2n) is 4.41. The highest BCUT2D eigenvalue weighted by Gasteiger charge is 2.22. The number of amides is 1. The molecule has 1 aromatic rings. The summed E-state index contributed by atoms with van der Waals surface area (Å²) < 4.78 is 0. The van der Waals surface area contributed by atoms with E-state index in [1.165, 1.54) is 0 Å². The van der Waals surface area contributed by atoms with Crippen molar-refractivity contribution in [3.05, 3.63) is 17.8 Å². The number of carbonyl (C=O) groups excluding carboxylic acids is 1. The van der Waals surface area contributed by atoms with E-state index in [0.29, 0.717) is 12.5 Å². The number of nitrogens with zero attached hydrogens (tertiary/aromatic N) is 2. The number of fused-ring (bicyclic) bond motifs is 1. The molecule has 0 fully saturated rings. The standard InChI is InChI=1S/C12H17N3O/c1-8(2)15-7-6-11(16)14-10-5-4-9(3)13-12(10)15/h4-5,8H,6-7H2,1-3H3,(H,14,16). The van der Waals surface area contributed by atoms with E-state index in [0.717, 1.165) is 23.7 Å². The van der Waals surface area contributed by atoms with Gasteiger partial charge in [0.1, 0.15) is 0 Å². The van der Waals surface area contributed by atoms with E-state index in [9.17, 15) is 4.79 Å². The molecular weight excluding hydrogens is 202 g/mol. The van der Waals surface area contributed by atoms with Gasteiger partial charge in [0, 0.05) is 24.7 Å². The van der Waals surface area contributed by atoms with E-state index in [2.05, 4.69) is 29.0 Å². The van der Waals surface area contributed by atoms with Crippen LogP contribution in [0.1, 0.15) is 26.0 Å². The van der Waals surface area contributed by atoms with Gasteiger partial charge in [-0.15, -0.1) is 0 Å². The molecule has 0 saturated carbocycles. The second kappa shape index (κ2) is 4.12. The van der Waals surface area contributed by atoms with Gasteiger partial charge in [0.2, 0.25) is 5.91 Å². The van der Waals surface area contributed by atoms with Gasteiger partial charge in [-0.3, -0.25) is 4.79 Å². The van der Waals surface area contributed by atoms with Gasteiger partial charge in [0.25, 0.3) is 0 Å². The molecule has 1 aliphatic heterocycles. The van der Waals surface area contributed by atoms with Crippen LogP contribution in [0, 0.1) is 6.92 Å². The van der Waals surface area contributed by atoms with E-state index in [1.54, 1.807) is 0 Å². The molecular formula is C12H17N3O. The lowest BCUT2D eigenvalue weighted by atomic mass is 10.2. The van der Waals surface area contributed by atoms with Crippen LogP contribution in [0.2, 0.25) is 0 Å². The van der Waals surface area contributed by atoms with Crippen molar-refractivity contribution < 1.29 is 4.79 Å². The molecule has 4 heteroatoms. The Balaban J connectivity index is 2.47. The first-order valence-electron chi connectivity index (χ1n) is 5.62. The Morgan fingerprint density at radius 1 is 1.44 bits per heavy atom. The molecule has 4 nitrogen and oxygen atoms in total. The Morgan fingerprint density at radius 2 is 2.19 bits per heavy atom. The van der Waals surface area contributed by atoms with Crippen LogP contribution in [-0.4, -0.2) is 23.5 Å². The number of rotatable bonds is 1. The molecule has 1 N–H and O–H groups in total. The van der Waals surface area contributed by atoms with Crippen LogP contribution in [0.5, 0.6) is 0 Å². The maximum Gasteiger partial charge on any atom is 0.226 e. The molecule has 0 atom stereocenters. The lowest BCUT2D eigenvalue weighted by Crippen LogP contribution is -2.32. The van der Waals surface area contributed by atoms with Crippen LogP contribution >= 0.6 is 0 Å². The van der Waals surface area contributed by atoms with Gasteiger partial charge < -0.3 is 10.2 Å². The molecule has 1 aliphatic rings. The van der Waals surface area contributed by atoms with E-state index < -0.39 is 0 Å². The average Bonchev–Trinajstić information content (AvgIpc) is 2.36. The highest BCUT2D eigenvalue weighted by atomic mass is 16.1. The molecule has 0 aliphatic carbocycles. The maximum atomic E-state index is 11.5. The summed E-state index contributed by atoms with van der Waals surface area (Å²) in [5.74, 6) is 0.955. The summed E-state index contributed by atoms with van der Waals surface area (Å²) in [4.78, 5) is 18.2. The van der Waals surface area contributed by atoms with Crippen molar-refractivity contribution in [1.82, 2.24) is 4.98 Å². The Hall–Kier alpha value is -1.58. The summed E-state index contributed by atoms with van der Waals surface area (Å²) in [6, 6.07) is 4.19. The molecule has 2 rings (SSSR count). The number of carbonyl (C=O) groups is 1. The third kappa shape index (κ3) is 2.01. The second-order valence-corrected chi connectivity index (χ2v) is 4.41. The Bertz CT molecular complexity index is 415. The van der Waals surface area contributed by atoms with Gasteiger partial charge in [-0.05, 0) is 32.9 Å². The predicted molar refractivity (Wildman–Crippen MR) is 64.7 cm³/mol. The van der Waals surface area contributed by atoms with Crippen LogP contribution in [0.25, 0.3) is 0 Å². The van der Waals surface area contributed by atoms with Crippen molar-refractivity contribution in [2.75, 3.05) is 16.8 Å². The molecule has 1 amide bonds. The largest absolute Gasteiger partial charge is 0.352 e. The van der Waals surface area contributed by atoms with Crippen LogP contribution in [0.15, 0.2) is 12.1 Å². The number of aromatic nitrogens is 1. The summed E-state index contributed by atoms with van der Waals surface area (Å²) in [5, 5.41) is 2.89. The van der Waals surface area contributed by atoms with Crippen molar-refractivity contribution in [3.8, 4) is 0 Å². The number of hydrogen-bond donors (Lipinski definition) is 1. The zero-order valence-electron chi connectivity index (χ0n) is 9.95. The zero-order valence-corrected chi connectivity index (χ0v) is 9.95. The minimum atomic E-state index is 0.0649. The van der Waals surface area contributed by atoms with Gasteiger partial charge in [-0.2, -0.15) is 0 Å². The van der Waals surface area contributed by atoms with Crippen LogP contribution in [0.3, 0.4) is 0 Å². The lowest BCUT2D eigenvalue weighted by molar-refractivity contribution is -0.115. The van der Waals surface area contributed by atoms with Gasteiger partial charge in [-0.1, -0.05) is 0 Å². The monoisotopic (exact) mass is 219 g/mol. The Labute approximate surface area is 95.7 Å². The maximum absolute atomic E-state index is 11.5. The fourth-order valence-corrected chi connectivity index (χ4v) is 1.90. The number of hydrogen-bond acceptors (Lipinski definition) is 3. The third-order valence-electron chi connectivity index (χ3n) is 2.76.